The molecule has 0 atom stereocenters. The van der Waals surface area contributed by atoms with E-state index in [1.165, 1.54) is 44.1 Å². The van der Waals surface area contributed by atoms with Gasteiger partial charge >= 0.3 is 0 Å². The van der Waals surface area contributed by atoms with Crippen LogP contribution in [0.25, 0.3) is 0 Å². The van der Waals surface area contributed by atoms with E-state index in [-0.39, 0.29) is 5.91 Å². The van der Waals surface area contributed by atoms with Crippen LogP contribution in [0.4, 0.5) is 5.69 Å². The molecule has 4 fully saturated rings. The molecule has 2 aromatic carbocycles. The van der Waals surface area contributed by atoms with Crippen LogP contribution < -0.4 is 5.32 Å². The predicted octanol–water partition coefficient (Wildman–Crippen LogP) is 6.17. The second kappa shape index (κ2) is 6.23. The highest BCUT2D eigenvalue weighted by Crippen LogP contribution is 2.60. The Bertz CT molecular complexity index is 806. The number of halogens is 1. The Hall–Kier alpha value is -1.61. The van der Waals surface area contributed by atoms with Gasteiger partial charge < -0.3 is 5.32 Å². The molecule has 1 amide bonds. The first-order chi connectivity index (χ1) is 12.6. The van der Waals surface area contributed by atoms with Gasteiger partial charge in [0.15, 0.2) is 0 Å². The van der Waals surface area contributed by atoms with Crippen LogP contribution in [0, 0.1) is 17.8 Å². The van der Waals surface area contributed by atoms with Gasteiger partial charge in [-0.25, -0.2) is 0 Å². The Kier molecular flexibility index (Phi) is 3.97. The van der Waals surface area contributed by atoms with Crippen LogP contribution in [0.2, 0.25) is 0 Å². The zero-order valence-corrected chi connectivity index (χ0v) is 16.5. The fourth-order valence-electron chi connectivity index (χ4n) is 6.20. The second-order valence-electron chi connectivity index (χ2n) is 8.74. The first-order valence-electron chi connectivity index (χ1n) is 9.77. The van der Waals surface area contributed by atoms with Gasteiger partial charge in [-0.3, -0.25) is 4.79 Å². The van der Waals surface area contributed by atoms with E-state index in [1.54, 1.807) is 0 Å². The molecule has 0 spiro atoms. The average Bonchev–Trinajstić information content (AvgIpc) is 2.61. The molecule has 4 saturated carbocycles. The third-order valence-corrected chi connectivity index (χ3v) is 7.37. The summed E-state index contributed by atoms with van der Waals surface area (Å²) in [4.78, 5) is 12.4. The van der Waals surface area contributed by atoms with E-state index in [1.807, 2.05) is 24.3 Å². The number of rotatable bonds is 3. The van der Waals surface area contributed by atoms with Gasteiger partial charge in [-0.2, -0.15) is 0 Å². The summed E-state index contributed by atoms with van der Waals surface area (Å²) in [7, 11) is 0. The molecule has 4 bridgehead atoms. The van der Waals surface area contributed by atoms with E-state index in [0.29, 0.717) is 11.0 Å². The van der Waals surface area contributed by atoms with Crippen molar-refractivity contribution >= 4 is 27.5 Å². The fourth-order valence-corrected chi connectivity index (χ4v) is 6.60. The van der Waals surface area contributed by atoms with E-state index in [9.17, 15) is 4.79 Å². The lowest BCUT2D eigenvalue weighted by Gasteiger charge is -2.57. The van der Waals surface area contributed by atoms with Crippen LogP contribution in [0.5, 0.6) is 0 Å². The molecule has 1 N–H and O–H groups in total. The van der Waals surface area contributed by atoms with Crippen LogP contribution in [0.15, 0.2) is 53.0 Å². The van der Waals surface area contributed by atoms with E-state index < -0.39 is 0 Å². The molecule has 2 aromatic rings. The third kappa shape index (κ3) is 2.90. The molecular weight excluding hydrogens is 386 g/mol. The van der Waals surface area contributed by atoms with Crippen molar-refractivity contribution in [2.24, 2.45) is 17.8 Å². The van der Waals surface area contributed by atoms with Crippen molar-refractivity contribution in [2.75, 3.05) is 5.32 Å². The Labute approximate surface area is 163 Å². The number of hydrogen-bond donors (Lipinski definition) is 1. The SMILES string of the molecule is O=C(Nc1ccc(C23CC4CC(CC(C4)C2)C3)cc1)c1cccc(Br)c1. The second-order valence-corrected chi connectivity index (χ2v) is 9.66. The first-order valence-corrected chi connectivity index (χ1v) is 10.6. The van der Waals surface area contributed by atoms with Crippen LogP contribution >= 0.6 is 15.9 Å². The lowest BCUT2D eigenvalue weighted by molar-refractivity contribution is -0.00518. The molecule has 2 nitrogen and oxygen atoms in total. The zero-order chi connectivity index (χ0) is 17.7. The van der Waals surface area contributed by atoms with Crippen molar-refractivity contribution < 1.29 is 4.79 Å². The van der Waals surface area contributed by atoms with E-state index in [2.05, 4.69) is 45.5 Å². The third-order valence-electron chi connectivity index (χ3n) is 6.88. The van der Waals surface area contributed by atoms with Gasteiger partial charge in [-0.05, 0) is 97.6 Å². The highest BCUT2D eigenvalue weighted by atomic mass is 79.9. The first kappa shape index (κ1) is 16.6. The van der Waals surface area contributed by atoms with Crippen LogP contribution in [-0.2, 0) is 5.41 Å². The van der Waals surface area contributed by atoms with Gasteiger partial charge in [-0.15, -0.1) is 0 Å². The maximum Gasteiger partial charge on any atom is 0.255 e. The Balaban J connectivity index is 1.34. The Morgan fingerprint density at radius 1 is 0.923 bits per heavy atom. The highest BCUT2D eigenvalue weighted by Gasteiger charge is 2.51. The summed E-state index contributed by atoms with van der Waals surface area (Å²) in [6.45, 7) is 0. The summed E-state index contributed by atoms with van der Waals surface area (Å²) in [6, 6.07) is 16.2. The number of amides is 1. The molecule has 0 heterocycles. The largest absolute Gasteiger partial charge is 0.322 e. The average molecular weight is 410 g/mol. The van der Waals surface area contributed by atoms with Crippen molar-refractivity contribution in [3.63, 3.8) is 0 Å². The number of nitrogens with one attached hydrogen (secondary N) is 1. The molecule has 4 aliphatic rings. The lowest BCUT2D eigenvalue weighted by Crippen LogP contribution is -2.48. The molecule has 0 saturated heterocycles. The molecule has 0 aromatic heterocycles. The molecule has 4 aliphatic carbocycles. The van der Waals surface area contributed by atoms with Crippen molar-refractivity contribution in [1.29, 1.82) is 0 Å². The minimum absolute atomic E-state index is 0.0612. The van der Waals surface area contributed by atoms with E-state index >= 15 is 0 Å². The lowest BCUT2D eigenvalue weighted by atomic mass is 9.48. The maximum atomic E-state index is 12.4. The standard InChI is InChI=1S/C23H24BrNO/c24-20-3-1-2-18(11-20)22(26)25-21-6-4-19(5-7-21)23-12-15-8-16(13-23)10-17(9-15)14-23/h1-7,11,15-17H,8-10,12-14H2,(H,25,26). The van der Waals surface area contributed by atoms with E-state index in [0.717, 1.165) is 27.9 Å². The summed E-state index contributed by atoms with van der Waals surface area (Å²) in [5.41, 5.74) is 3.46. The van der Waals surface area contributed by atoms with Gasteiger partial charge in [0.1, 0.15) is 0 Å². The molecule has 0 aliphatic heterocycles. The van der Waals surface area contributed by atoms with Crippen molar-refractivity contribution in [1.82, 2.24) is 0 Å². The van der Waals surface area contributed by atoms with Crippen LogP contribution in [0.3, 0.4) is 0 Å². The molecule has 26 heavy (non-hydrogen) atoms. The number of anilines is 1. The molecule has 0 radical (unpaired) electrons. The van der Waals surface area contributed by atoms with Crippen LogP contribution in [0.1, 0.15) is 54.4 Å². The summed E-state index contributed by atoms with van der Waals surface area (Å²) in [5.74, 6) is 2.81. The zero-order valence-electron chi connectivity index (χ0n) is 14.9. The minimum Gasteiger partial charge on any atom is -0.322 e. The Morgan fingerprint density at radius 3 is 2.12 bits per heavy atom. The monoisotopic (exact) mass is 409 g/mol. The van der Waals surface area contributed by atoms with Gasteiger partial charge in [0, 0.05) is 15.7 Å². The summed E-state index contributed by atoms with van der Waals surface area (Å²) < 4.78 is 0.919. The molecular formula is C23H24BrNO. The fraction of sp³-hybridized carbons (Fsp3) is 0.435. The number of hydrogen-bond acceptors (Lipinski definition) is 1. The van der Waals surface area contributed by atoms with Crippen molar-refractivity contribution in [3.8, 4) is 0 Å². The smallest absolute Gasteiger partial charge is 0.255 e. The summed E-state index contributed by atoms with van der Waals surface area (Å²) in [6.07, 6.45) is 8.55. The number of carbonyl (C=O) groups is 1. The van der Waals surface area contributed by atoms with Gasteiger partial charge in [0.05, 0.1) is 0 Å². The molecule has 0 unspecified atom stereocenters. The van der Waals surface area contributed by atoms with Crippen molar-refractivity contribution in [2.45, 2.75) is 43.9 Å². The summed E-state index contributed by atoms with van der Waals surface area (Å²) in [5, 5.41) is 3.03. The van der Waals surface area contributed by atoms with Gasteiger partial charge in [-0.1, -0.05) is 34.1 Å². The topological polar surface area (TPSA) is 29.1 Å². The number of benzene rings is 2. The van der Waals surface area contributed by atoms with Gasteiger partial charge in [0.2, 0.25) is 0 Å². The quantitative estimate of drug-likeness (QED) is 0.644. The minimum atomic E-state index is -0.0612. The normalized spacial score (nSPS) is 31.8. The Morgan fingerprint density at radius 2 is 1.54 bits per heavy atom. The highest BCUT2D eigenvalue weighted by molar-refractivity contribution is 9.10. The summed E-state index contributed by atoms with van der Waals surface area (Å²) >= 11 is 3.42. The van der Waals surface area contributed by atoms with Crippen molar-refractivity contribution in [3.05, 3.63) is 64.1 Å². The molecule has 6 rings (SSSR count). The predicted molar refractivity (Wildman–Crippen MR) is 108 cm³/mol. The molecule has 134 valence electrons. The maximum absolute atomic E-state index is 12.4. The number of carbonyl (C=O) groups excluding carboxylic acids is 1. The molecule has 3 heteroatoms. The van der Waals surface area contributed by atoms with E-state index in [4.69, 9.17) is 0 Å². The van der Waals surface area contributed by atoms with Gasteiger partial charge in [0.25, 0.3) is 5.91 Å². The van der Waals surface area contributed by atoms with Crippen LogP contribution in [-0.4, -0.2) is 5.91 Å².